The minimum atomic E-state index is -0.474. The highest BCUT2D eigenvalue weighted by Gasteiger charge is 2.30. The number of methoxy groups -OCH3 is 1. The van der Waals surface area contributed by atoms with Gasteiger partial charge in [-0.25, -0.2) is 0 Å². The van der Waals surface area contributed by atoms with E-state index in [9.17, 15) is 4.79 Å². The lowest BCUT2D eigenvalue weighted by molar-refractivity contribution is -0.145. The van der Waals surface area contributed by atoms with Gasteiger partial charge in [-0.1, -0.05) is 6.92 Å². The van der Waals surface area contributed by atoms with Crippen molar-refractivity contribution < 1.29 is 9.53 Å². The van der Waals surface area contributed by atoms with Gasteiger partial charge in [0, 0.05) is 26.2 Å². The van der Waals surface area contributed by atoms with Gasteiger partial charge >= 0.3 is 0 Å². The fourth-order valence-electron chi connectivity index (χ4n) is 2.08. The molecule has 1 amide bonds. The zero-order valence-corrected chi connectivity index (χ0v) is 11.1. The molecule has 16 heavy (non-hydrogen) atoms. The molecule has 1 fully saturated rings. The molecule has 0 aliphatic carbocycles. The van der Waals surface area contributed by atoms with E-state index in [1.165, 1.54) is 13.5 Å². The first-order valence-electron chi connectivity index (χ1n) is 5.63. The van der Waals surface area contributed by atoms with Crippen molar-refractivity contribution >= 4 is 18.3 Å². The van der Waals surface area contributed by atoms with Crippen molar-refractivity contribution in [2.24, 2.45) is 11.7 Å². The molecule has 0 spiro atoms. The molecule has 0 radical (unpaired) electrons. The van der Waals surface area contributed by atoms with Gasteiger partial charge in [-0.3, -0.25) is 4.79 Å². The van der Waals surface area contributed by atoms with Crippen LogP contribution in [0.1, 0.15) is 26.7 Å². The maximum atomic E-state index is 12.0. The summed E-state index contributed by atoms with van der Waals surface area (Å²) in [6.07, 6.45) is 1.80. The fourth-order valence-corrected chi connectivity index (χ4v) is 2.08. The van der Waals surface area contributed by atoms with Gasteiger partial charge < -0.3 is 15.4 Å². The third-order valence-electron chi connectivity index (χ3n) is 3.17. The second kappa shape index (κ2) is 7.09. The lowest BCUT2D eigenvalue weighted by Gasteiger charge is -2.38. The number of rotatable bonds is 3. The summed E-state index contributed by atoms with van der Waals surface area (Å²) in [4.78, 5) is 13.9. The molecule has 2 N–H and O–H groups in total. The highest BCUT2D eigenvalue weighted by Crippen LogP contribution is 2.22. The number of carbonyl (C=O) groups is 1. The van der Waals surface area contributed by atoms with Gasteiger partial charge in [0.1, 0.15) is 6.10 Å². The minimum Gasteiger partial charge on any atom is -0.370 e. The highest BCUT2D eigenvalue weighted by atomic mass is 35.5. The van der Waals surface area contributed by atoms with Crippen molar-refractivity contribution in [3.8, 4) is 0 Å². The molecule has 1 aliphatic rings. The lowest BCUT2D eigenvalue weighted by Crippen LogP contribution is -2.51. The van der Waals surface area contributed by atoms with Crippen LogP contribution in [0, 0.1) is 5.92 Å². The zero-order valence-electron chi connectivity index (χ0n) is 10.3. The van der Waals surface area contributed by atoms with Crippen LogP contribution in [-0.2, 0) is 9.53 Å². The highest BCUT2D eigenvalue weighted by molar-refractivity contribution is 5.85. The van der Waals surface area contributed by atoms with E-state index in [1.54, 1.807) is 0 Å². The predicted octanol–water partition coefficient (Wildman–Crippen LogP) is 1.03. The average molecular weight is 251 g/mol. The lowest BCUT2D eigenvalue weighted by atomic mass is 9.94. The first kappa shape index (κ1) is 15.7. The van der Waals surface area contributed by atoms with Crippen LogP contribution in [0.2, 0.25) is 0 Å². The number of nitrogens with two attached hydrogens (primary N) is 1. The van der Waals surface area contributed by atoms with Crippen LogP contribution < -0.4 is 5.73 Å². The Kier molecular flexibility index (Phi) is 6.95. The van der Waals surface area contributed by atoms with E-state index in [0.29, 0.717) is 12.0 Å². The summed E-state index contributed by atoms with van der Waals surface area (Å²) in [5.41, 5.74) is 5.50. The Morgan fingerprint density at radius 1 is 1.50 bits per heavy atom. The minimum absolute atomic E-state index is 0. The van der Waals surface area contributed by atoms with Crippen LogP contribution >= 0.6 is 12.4 Å². The number of carbonyl (C=O) groups excluding carboxylic acids is 1. The molecule has 1 rings (SSSR count). The number of nitrogens with zero attached hydrogens (tertiary/aromatic N) is 1. The molecular weight excluding hydrogens is 228 g/mol. The smallest absolute Gasteiger partial charge is 0.253 e. The third-order valence-corrected chi connectivity index (χ3v) is 3.17. The molecule has 0 saturated carbocycles. The third kappa shape index (κ3) is 3.61. The van der Waals surface area contributed by atoms with Crippen molar-refractivity contribution in [1.82, 2.24) is 4.90 Å². The summed E-state index contributed by atoms with van der Waals surface area (Å²) >= 11 is 0. The second-order valence-electron chi connectivity index (χ2n) is 4.48. The number of hydrogen-bond donors (Lipinski definition) is 1. The number of ether oxygens (including phenoxy) is 1. The van der Waals surface area contributed by atoms with Crippen molar-refractivity contribution in [2.45, 2.75) is 38.8 Å². The number of amides is 1. The van der Waals surface area contributed by atoms with Crippen LogP contribution in [0.25, 0.3) is 0 Å². The summed E-state index contributed by atoms with van der Waals surface area (Å²) < 4.78 is 5.08. The number of halogens is 1. The average Bonchev–Trinajstić information content (AvgIpc) is 2.23. The van der Waals surface area contributed by atoms with E-state index < -0.39 is 6.10 Å². The summed E-state index contributed by atoms with van der Waals surface area (Å²) in [7, 11) is 1.54. The Morgan fingerprint density at radius 2 is 2.12 bits per heavy atom. The SMILES string of the molecule is COC(CN)C(=O)N1CC(C)CCC1C.Cl. The molecule has 1 saturated heterocycles. The van der Waals surface area contributed by atoms with Crippen LogP contribution in [0.3, 0.4) is 0 Å². The summed E-state index contributed by atoms with van der Waals surface area (Å²) in [5, 5.41) is 0. The maximum absolute atomic E-state index is 12.0. The quantitative estimate of drug-likeness (QED) is 0.814. The van der Waals surface area contributed by atoms with Crippen molar-refractivity contribution in [2.75, 3.05) is 20.2 Å². The molecule has 0 aromatic heterocycles. The fraction of sp³-hybridized carbons (Fsp3) is 0.909. The summed E-state index contributed by atoms with van der Waals surface area (Å²) in [5.74, 6) is 0.625. The van der Waals surface area contributed by atoms with Crippen molar-refractivity contribution in [3.05, 3.63) is 0 Å². The first-order valence-corrected chi connectivity index (χ1v) is 5.63. The predicted molar refractivity (Wildman–Crippen MR) is 66.7 cm³/mol. The monoisotopic (exact) mass is 250 g/mol. The molecule has 96 valence electrons. The van der Waals surface area contributed by atoms with Crippen molar-refractivity contribution in [3.63, 3.8) is 0 Å². The van der Waals surface area contributed by atoms with Gasteiger partial charge in [-0.05, 0) is 25.7 Å². The topological polar surface area (TPSA) is 55.6 Å². The van der Waals surface area contributed by atoms with Gasteiger partial charge in [-0.15, -0.1) is 12.4 Å². The molecule has 3 unspecified atom stereocenters. The Morgan fingerprint density at radius 3 is 2.62 bits per heavy atom. The Balaban J connectivity index is 0.00000225. The number of hydrogen-bond acceptors (Lipinski definition) is 3. The Labute approximate surface area is 104 Å². The molecule has 1 heterocycles. The first-order chi connectivity index (χ1) is 7.10. The van der Waals surface area contributed by atoms with E-state index in [-0.39, 0.29) is 24.9 Å². The number of likely N-dealkylation sites (tertiary alicyclic amines) is 1. The van der Waals surface area contributed by atoms with Gasteiger partial charge in [0.25, 0.3) is 5.91 Å². The normalized spacial score (nSPS) is 27.1. The van der Waals surface area contributed by atoms with E-state index >= 15 is 0 Å². The molecule has 0 bridgehead atoms. The van der Waals surface area contributed by atoms with Gasteiger partial charge in [0.05, 0.1) is 0 Å². The maximum Gasteiger partial charge on any atom is 0.253 e. The van der Waals surface area contributed by atoms with Crippen LogP contribution in [-0.4, -0.2) is 43.2 Å². The van der Waals surface area contributed by atoms with E-state index in [2.05, 4.69) is 13.8 Å². The standard InChI is InChI=1S/C11H22N2O2.ClH/c1-8-4-5-9(2)13(7-8)11(14)10(6-12)15-3;/h8-10H,4-7,12H2,1-3H3;1H. The van der Waals surface area contributed by atoms with Crippen LogP contribution in [0.15, 0.2) is 0 Å². The molecular formula is C11H23ClN2O2. The molecule has 3 atom stereocenters. The largest absolute Gasteiger partial charge is 0.370 e. The summed E-state index contributed by atoms with van der Waals surface area (Å²) in [6.45, 7) is 5.36. The van der Waals surface area contributed by atoms with Crippen LogP contribution in [0.5, 0.6) is 0 Å². The van der Waals surface area contributed by atoms with Crippen LogP contribution in [0.4, 0.5) is 0 Å². The van der Waals surface area contributed by atoms with E-state index in [4.69, 9.17) is 10.5 Å². The molecule has 0 aromatic carbocycles. The molecule has 0 aromatic rings. The molecule has 5 heteroatoms. The Hall–Kier alpha value is -0.320. The van der Waals surface area contributed by atoms with E-state index in [1.807, 2.05) is 4.90 Å². The second-order valence-corrected chi connectivity index (χ2v) is 4.48. The number of piperidine rings is 1. The van der Waals surface area contributed by atoms with Gasteiger partial charge in [0.2, 0.25) is 0 Å². The molecule has 4 nitrogen and oxygen atoms in total. The van der Waals surface area contributed by atoms with Gasteiger partial charge in [0.15, 0.2) is 0 Å². The zero-order chi connectivity index (χ0) is 11.4. The molecule has 1 aliphatic heterocycles. The summed E-state index contributed by atoms with van der Waals surface area (Å²) in [6, 6.07) is 0.317. The van der Waals surface area contributed by atoms with Gasteiger partial charge in [-0.2, -0.15) is 0 Å². The van der Waals surface area contributed by atoms with Crippen molar-refractivity contribution in [1.29, 1.82) is 0 Å². The van der Waals surface area contributed by atoms with E-state index in [0.717, 1.165) is 13.0 Å². The Bertz CT molecular complexity index is 222.